The van der Waals surface area contributed by atoms with Crippen molar-refractivity contribution in [3.63, 3.8) is 0 Å². The van der Waals surface area contributed by atoms with E-state index in [-0.39, 0.29) is 5.91 Å². The molecule has 0 bridgehead atoms. The van der Waals surface area contributed by atoms with Crippen molar-refractivity contribution in [3.8, 4) is 0 Å². The normalized spacial score (nSPS) is 24.6. The van der Waals surface area contributed by atoms with E-state index in [4.69, 9.17) is 0 Å². The zero-order valence-corrected chi connectivity index (χ0v) is 14.8. The lowest BCUT2D eigenvalue weighted by atomic mass is 9.78. The number of quaternary nitrogens is 1. The molecule has 1 saturated heterocycles. The summed E-state index contributed by atoms with van der Waals surface area (Å²) in [6.45, 7) is 3.51. The minimum Gasteiger partial charge on any atom is -0.550 e. The van der Waals surface area contributed by atoms with E-state index in [1.54, 1.807) is 4.90 Å². The summed E-state index contributed by atoms with van der Waals surface area (Å²) in [5.41, 5.74) is 2.02. The maximum atomic E-state index is 12.5. The second-order valence-electron chi connectivity index (χ2n) is 7.49. The van der Waals surface area contributed by atoms with E-state index in [9.17, 15) is 14.7 Å². The largest absolute Gasteiger partial charge is 0.550 e. The number of carboxylic acids is 1. The van der Waals surface area contributed by atoms with Crippen LogP contribution in [0.3, 0.4) is 0 Å². The molecule has 1 aliphatic heterocycles. The van der Waals surface area contributed by atoms with Gasteiger partial charge in [0.05, 0.1) is 13.1 Å². The molecule has 0 radical (unpaired) electrons. The van der Waals surface area contributed by atoms with E-state index >= 15 is 0 Å². The molecule has 2 atom stereocenters. The van der Waals surface area contributed by atoms with Gasteiger partial charge in [0.1, 0.15) is 6.54 Å². The summed E-state index contributed by atoms with van der Waals surface area (Å²) in [5.74, 6) is -2.42. The fourth-order valence-electron chi connectivity index (χ4n) is 4.18. The highest BCUT2D eigenvalue weighted by Gasteiger charge is 2.31. The molecule has 1 aromatic rings. The molecule has 5 nitrogen and oxygen atoms in total. The second kappa shape index (κ2) is 8.48. The van der Waals surface area contributed by atoms with Gasteiger partial charge in [0.25, 0.3) is 0 Å². The van der Waals surface area contributed by atoms with E-state index in [0.29, 0.717) is 12.8 Å². The van der Waals surface area contributed by atoms with Crippen molar-refractivity contribution in [1.29, 1.82) is 0 Å². The Bertz CT molecular complexity index is 593. The van der Waals surface area contributed by atoms with Gasteiger partial charge in [-0.05, 0) is 44.2 Å². The van der Waals surface area contributed by atoms with Crippen LogP contribution in [0.15, 0.2) is 24.3 Å². The third-order valence-electron chi connectivity index (χ3n) is 5.64. The van der Waals surface area contributed by atoms with E-state index in [2.05, 4.69) is 17.4 Å². The summed E-state index contributed by atoms with van der Waals surface area (Å²) < 4.78 is 0. The molecule has 2 fully saturated rings. The van der Waals surface area contributed by atoms with Crippen LogP contribution in [0.4, 0.5) is 5.69 Å². The molecule has 5 heteroatoms. The predicted octanol–water partition coefficient (Wildman–Crippen LogP) is 0.750. The Kier molecular flexibility index (Phi) is 6.08. The number of anilines is 1. The van der Waals surface area contributed by atoms with Crippen LogP contribution in [0.5, 0.6) is 0 Å². The summed E-state index contributed by atoms with van der Waals surface area (Å²) in [7, 11) is 0. The molecule has 0 aromatic heterocycles. The second-order valence-corrected chi connectivity index (χ2v) is 7.49. The number of hydrogen-bond donors (Lipinski definition) is 2. The molecule has 1 heterocycles. The predicted molar refractivity (Wildman–Crippen MR) is 93.8 cm³/mol. The number of carboxylic acid groups (broad SMARTS) is 1. The van der Waals surface area contributed by atoms with Crippen LogP contribution < -0.4 is 15.3 Å². The first-order chi connectivity index (χ1) is 12.1. The van der Waals surface area contributed by atoms with Gasteiger partial charge in [-0.15, -0.1) is 0 Å². The Morgan fingerprint density at radius 1 is 0.960 bits per heavy atom. The van der Waals surface area contributed by atoms with Crippen molar-refractivity contribution in [3.05, 3.63) is 29.8 Å². The molecule has 2 aliphatic rings. The quantitative estimate of drug-likeness (QED) is 0.828. The lowest BCUT2D eigenvalue weighted by Gasteiger charge is -2.31. The van der Waals surface area contributed by atoms with Gasteiger partial charge in [-0.25, -0.2) is 0 Å². The van der Waals surface area contributed by atoms with Gasteiger partial charge in [0, 0.05) is 29.1 Å². The van der Waals surface area contributed by atoms with Crippen molar-refractivity contribution in [2.45, 2.75) is 51.5 Å². The van der Waals surface area contributed by atoms with Crippen LogP contribution in [-0.4, -0.2) is 25.0 Å². The maximum Gasteiger partial charge on any atom is 0.228 e. The molecule has 1 amide bonds. The third-order valence-corrected chi connectivity index (χ3v) is 5.64. The van der Waals surface area contributed by atoms with Crippen molar-refractivity contribution in [1.82, 2.24) is 0 Å². The topological polar surface area (TPSA) is 73.7 Å². The van der Waals surface area contributed by atoms with Gasteiger partial charge < -0.3 is 20.1 Å². The molecule has 3 rings (SSSR count). The van der Waals surface area contributed by atoms with Gasteiger partial charge in [-0.2, -0.15) is 0 Å². The van der Waals surface area contributed by atoms with E-state index in [1.165, 1.54) is 37.9 Å². The molecule has 1 saturated carbocycles. The van der Waals surface area contributed by atoms with Crippen molar-refractivity contribution >= 4 is 17.6 Å². The first-order valence-corrected chi connectivity index (χ1v) is 9.58. The van der Waals surface area contributed by atoms with Crippen LogP contribution in [0.2, 0.25) is 0 Å². The molecule has 0 spiro atoms. The van der Waals surface area contributed by atoms with Gasteiger partial charge >= 0.3 is 0 Å². The number of nitrogens with one attached hydrogen (secondary N) is 2. The fraction of sp³-hybridized carbons (Fsp3) is 0.600. The Morgan fingerprint density at radius 2 is 1.60 bits per heavy atom. The summed E-state index contributed by atoms with van der Waals surface area (Å²) in [4.78, 5) is 25.4. The Labute approximate surface area is 149 Å². The van der Waals surface area contributed by atoms with Gasteiger partial charge in [0.15, 0.2) is 0 Å². The number of piperidine rings is 1. The molecule has 136 valence electrons. The molecular weight excluding hydrogens is 316 g/mol. The third kappa shape index (κ3) is 4.82. The SMILES string of the molecule is O=C([O-])[C@@H]1CCCC[C@H]1C(=O)Nc1ccc(C[NH+]2CCCCC2)cc1. The molecule has 1 aliphatic carbocycles. The van der Waals surface area contributed by atoms with Crippen LogP contribution in [0.25, 0.3) is 0 Å². The molecule has 25 heavy (non-hydrogen) atoms. The monoisotopic (exact) mass is 344 g/mol. The number of carbonyl (C=O) groups is 2. The van der Waals surface area contributed by atoms with Crippen molar-refractivity contribution < 1.29 is 19.6 Å². The lowest BCUT2D eigenvalue weighted by Crippen LogP contribution is -3.11. The smallest absolute Gasteiger partial charge is 0.228 e. The number of hydrogen-bond acceptors (Lipinski definition) is 3. The van der Waals surface area contributed by atoms with Gasteiger partial charge in [0.2, 0.25) is 5.91 Å². The first-order valence-electron chi connectivity index (χ1n) is 9.58. The fourth-order valence-corrected chi connectivity index (χ4v) is 4.18. The van der Waals surface area contributed by atoms with Crippen LogP contribution >= 0.6 is 0 Å². The van der Waals surface area contributed by atoms with Crippen molar-refractivity contribution in [2.24, 2.45) is 11.8 Å². The minimum atomic E-state index is -1.10. The standard InChI is InChI=1S/C20H28N2O3/c23-19(17-6-2-3-7-18(17)20(24)25)21-16-10-8-15(9-11-16)14-22-12-4-1-5-13-22/h8-11,17-18H,1-7,12-14H2,(H,21,23)(H,24,25)/t17-,18-/m1/s1. The number of rotatable bonds is 5. The highest BCUT2D eigenvalue weighted by atomic mass is 16.4. The average Bonchev–Trinajstić information content (AvgIpc) is 2.64. The summed E-state index contributed by atoms with van der Waals surface area (Å²) >= 11 is 0. The van der Waals surface area contributed by atoms with E-state index in [0.717, 1.165) is 25.1 Å². The highest BCUT2D eigenvalue weighted by Crippen LogP contribution is 2.30. The summed E-state index contributed by atoms with van der Waals surface area (Å²) in [6, 6.07) is 7.98. The first kappa shape index (κ1) is 17.9. The number of benzene rings is 1. The minimum absolute atomic E-state index is 0.191. The average molecular weight is 344 g/mol. The number of amides is 1. The number of aliphatic carboxylic acids is 1. The van der Waals surface area contributed by atoms with Gasteiger partial charge in [-0.3, -0.25) is 4.79 Å². The van der Waals surface area contributed by atoms with Crippen LogP contribution in [-0.2, 0) is 16.1 Å². The van der Waals surface area contributed by atoms with Crippen molar-refractivity contribution in [2.75, 3.05) is 18.4 Å². The highest BCUT2D eigenvalue weighted by molar-refractivity contribution is 5.95. The zero-order valence-electron chi connectivity index (χ0n) is 14.8. The van der Waals surface area contributed by atoms with Gasteiger partial charge in [-0.1, -0.05) is 25.0 Å². The Hall–Kier alpha value is -1.88. The number of carbonyl (C=O) groups excluding carboxylic acids is 2. The lowest BCUT2D eigenvalue weighted by molar-refractivity contribution is -0.918. The summed E-state index contributed by atoms with van der Waals surface area (Å²) in [5, 5.41) is 14.2. The summed E-state index contributed by atoms with van der Waals surface area (Å²) in [6.07, 6.45) is 6.89. The number of likely N-dealkylation sites (tertiary alicyclic amines) is 1. The van der Waals surface area contributed by atoms with E-state index < -0.39 is 17.8 Å². The molecule has 1 aromatic carbocycles. The zero-order chi connectivity index (χ0) is 17.6. The van der Waals surface area contributed by atoms with Crippen LogP contribution in [0.1, 0.15) is 50.5 Å². The van der Waals surface area contributed by atoms with E-state index in [1.807, 2.05) is 12.1 Å². The Morgan fingerprint density at radius 3 is 2.24 bits per heavy atom. The maximum absolute atomic E-state index is 12.5. The van der Waals surface area contributed by atoms with Crippen LogP contribution in [0, 0.1) is 11.8 Å². The Balaban J connectivity index is 1.56. The molecular formula is C20H28N2O3. The molecule has 2 N–H and O–H groups in total. The molecule has 0 unspecified atom stereocenters.